The van der Waals surface area contributed by atoms with Crippen LogP contribution in [-0.2, 0) is 10.0 Å². The summed E-state index contributed by atoms with van der Waals surface area (Å²) in [6.07, 6.45) is 2.90. The van der Waals surface area contributed by atoms with Crippen LogP contribution < -0.4 is 0 Å². The lowest BCUT2D eigenvalue weighted by molar-refractivity contribution is 0.375. The van der Waals surface area contributed by atoms with Crippen molar-refractivity contribution in [1.82, 2.24) is 4.31 Å². The maximum atomic E-state index is 11.6. The fourth-order valence-corrected chi connectivity index (χ4v) is 2.91. The van der Waals surface area contributed by atoms with E-state index >= 15 is 0 Å². The van der Waals surface area contributed by atoms with Gasteiger partial charge in [-0.3, -0.25) is 0 Å². The van der Waals surface area contributed by atoms with Crippen molar-refractivity contribution in [3.63, 3.8) is 0 Å². The summed E-state index contributed by atoms with van der Waals surface area (Å²) in [6.45, 7) is 4.81. The first-order valence-electron chi connectivity index (χ1n) is 5.03. The molecule has 0 unspecified atom stereocenters. The smallest absolute Gasteiger partial charge is 0.211 e. The summed E-state index contributed by atoms with van der Waals surface area (Å²) in [4.78, 5) is 0. The molecule has 0 radical (unpaired) electrons. The van der Waals surface area contributed by atoms with Gasteiger partial charge in [-0.2, -0.15) is 4.31 Å². The molecule has 0 aliphatic heterocycles. The molecule has 84 valence electrons. The summed E-state index contributed by atoms with van der Waals surface area (Å²) in [7, 11) is -3.19. The Kier molecular flexibility index (Phi) is 4.22. The van der Waals surface area contributed by atoms with Crippen LogP contribution in [-0.4, -0.2) is 30.5 Å². The molecule has 3 nitrogen and oxygen atoms in total. The number of nitrogens with zero attached hydrogens (tertiary/aromatic N) is 1. The predicted octanol–water partition coefficient (Wildman–Crippen LogP) is 2.02. The Morgan fingerprint density at radius 3 is 2.36 bits per heavy atom. The number of hydrogen-bond donors (Lipinski definition) is 0. The third-order valence-electron chi connectivity index (χ3n) is 2.38. The molecule has 14 heavy (non-hydrogen) atoms. The van der Waals surface area contributed by atoms with Crippen molar-refractivity contribution in [2.45, 2.75) is 39.2 Å². The van der Waals surface area contributed by atoms with Gasteiger partial charge in [0.05, 0.1) is 0 Å². The van der Waals surface area contributed by atoms with Crippen molar-refractivity contribution < 1.29 is 8.42 Å². The Bertz CT molecular complexity index is 273. The van der Waals surface area contributed by atoms with Crippen LogP contribution in [0.25, 0.3) is 0 Å². The van der Waals surface area contributed by atoms with Crippen molar-refractivity contribution in [2.75, 3.05) is 11.8 Å². The van der Waals surface area contributed by atoms with Gasteiger partial charge < -0.3 is 0 Å². The highest BCUT2D eigenvalue weighted by Gasteiger charge is 2.36. The Hall–Kier alpha value is 0.200. The van der Waals surface area contributed by atoms with Gasteiger partial charge in [0.15, 0.2) is 0 Å². The van der Waals surface area contributed by atoms with Gasteiger partial charge >= 0.3 is 0 Å². The Labute approximate surface area is 91.5 Å². The van der Waals surface area contributed by atoms with Gasteiger partial charge in [0.25, 0.3) is 0 Å². The molecule has 0 N–H and O–H groups in total. The first kappa shape index (κ1) is 12.3. The SMILES string of the molecule is CC(C)CCN(C1CC1)S(=O)(=O)CCl. The Balaban J connectivity index is 2.56. The largest absolute Gasteiger partial charge is 0.228 e. The highest BCUT2D eigenvalue weighted by Crippen LogP contribution is 2.30. The van der Waals surface area contributed by atoms with Crippen molar-refractivity contribution >= 4 is 21.6 Å². The van der Waals surface area contributed by atoms with Crippen LogP contribution in [0.5, 0.6) is 0 Å². The molecular weight excluding hydrogens is 222 g/mol. The topological polar surface area (TPSA) is 37.4 Å². The van der Waals surface area contributed by atoms with Crippen molar-refractivity contribution in [1.29, 1.82) is 0 Å². The third kappa shape index (κ3) is 3.41. The van der Waals surface area contributed by atoms with Crippen molar-refractivity contribution in [3.8, 4) is 0 Å². The van der Waals surface area contributed by atoms with Crippen LogP contribution >= 0.6 is 11.6 Å². The van der Waals surface area contributed by atoms with Gasteiger partial charge in [-0.15, -0.1) is 11.6 Å². The lowest BCUT2D eigenvalue weighted by Gasteiger charge is -2.21. The van der Waals surface area contributed by atoms with E-state index in [0.717, 1.165) is 19.3 Å². The summed E-state index contributed by atoms with van der Waals surface area (Å²) in [5, 5.41) is -0.290. The molecule has 0 aromatic rings. The molecule has 0 amide bonds. The van der Waals surface area contributed by atoms with Gasteiger partial charge in [-0.1, -0.05) is 13.8 Å². The van der Waals surface area contributed by atoms with E-state index in [0.29, 0.717) is 12.5 Å². The van der Waals surface area contributed by atoms with E-state index in [2.05, 4.69) is 13.8 Å². The third-order valence-corrected chi connectivity index (χ3v) is 4.67. The minimum atomic E-state index is -3.19. The molecule has 1 aliphatic rings. The van der Waals surface area contributed by atoms with Gasteiger partial charge in [0, 0.05) is 12.6 Å². The molecule has 1 aliphatic carbocycles. The summed E-state index contributed by atoms with van der Waals surface area (Å²) >= 11 is 5.45. The van der Waals surface area contributed by atoms with Crippen LogP contribution in [0.2, 0.25) is 0 Å². The second-order valence-electron chi connectivity index (χ2n) is 4.25. The summed E-state index contributed by atoms with van der Waals surface area (Å²) in [6, 6.07) is 0.234. The van der Waals surface area contributed by atoms with Crippen molar-refractivity contribution in [2.24, 2.45) is 5.92 Å². The fourth-order valence-electron chi connectivity index (χ4n) is 1.36. The molecule has 0 spiro atoms. The highest BCUT2D eigenvalue weighted by atomic mass is 35.5. The molecule has 5 heteroatoms. The summed E-state index contributed by atoms with van der Waals surface area (Å²) in [5.74, 6) is 0.529. The van der Waals surface area contributed by atoms with E-state index in [9.17, 15) is 8.42 Å². The Morgan fingerprint density at radius 2 is 2.00 bits per heavy atom. The average molecular weight is 240 g/mol. The minimum absolute atomic E-state index is 0.234. The molecule has 0 atom stereocenters. The van der Waals surface area contributed by atoms with Gasteiger partial charge in [-0.05, 0) is 25.2 Å². The predicted molar refractivity (Wildman–Crippen MR) is 58.8 cm³/mol. The fraction of sp³-hybridized carbons (Fsp3) is 1.00. The highest BCUT2D eigenvalue weighted by molar-refractivity contribution is 7.90. The zero-order valence-corrected chi connectivity index (χ0v) is 10.3. The van der Waals surface area contributed by atoms with Gasteiger partial charge in [0.1, 0.15) is 5.21 Å². The number of hydrogen-bond acceptors (Lipinski definition) is 2. The van der Waals surface area contributed by atoms with E-state index in [1.165, 1.54) is 0 Å². The molecule has 0 bridgehead atoms. The zero-order chi connectivity index (χ0) is 10.8. The average Bonchev–Trinajstić information content (AvgIpc) is 2.87. The molecule has 1 saturated carbocycles. The standard InChI is InChI=1S/C9H18ClNO2S/c1-8(2)5-6-11(9-3-4-9)14(12,13)7-10/h8-9H,3-7H2,1-2H3. The zero-order valence-electron chi connectivity index (χ0n) is 8.74. The maximum absolute atomic E-state index is 11.6. The van der Waals surface area contributed by atoms with E-state index in [4.69, 9.17) is 11.6 Å². The molecule has 1 rings (SSSR count). The number of halogens is 1. The van der Waals surface area contributed by atoms with E-state index in [1.54, 1.807) is 4.31 Å². The Morgan fingerprint density at radius 1 is 1.43 bits per heavy atom. The monoisotopic (exact) mass is 239 g/mol. The molecule has 0 aromatic heterocycles. The maximum Gasteiger partial charge on any atom is 0.228 e. The van der Waals surface area contributed by atoms with Crippen LogP contribution in [0.4, 0.5) is 0 Å². The molecule has 1 fully saturated rings. The van der Waals surface area contributed by atoms with Crippen LogP contribution in [0.15, 0.2) is 0 Å². The summed E-state index contributed by atoms with van der Waals surface area (Å²) < 4.78 is 24.8. The number of sulfonamides is 1. The van der Waals surface area contributed by atoms with Crippen LogP contribution in [0.1, 0.15) is 33.1 Å². The van der Waals surface area contributed by atoms with Crippen LogP contribution in [0, 0.1) is 5.92 Å². The van der Waals surface area contributed by atoms with Gasteiger partial charge in [0.2, 0.25) is 10.0 Å². The quantitative estimate of drug-likeness (QED) is 0.665. The molecule has 0 aromatic carbocycles. The number of alkyl halides is 1. The summed E-state index contributed by atoms with van der Waals surface area (Å²) in [5.41, 5.74) is 0. The minimum Gasteiger partial charge on any atom is -0.211 e. The first-order valence-corrected chi connectivity index (χ1v) is 7.17. The second kappa shape index (κ2) is 4.81. The lowest BCUT2D eigenvalue weighted by Crippen LogP contribution is -2.35. The molecular formula is C9H18ClNO2S. The van der Waals surface area contributed by atoms with E-state index < -0.39 is 10.0 Å². The normalized spacial score (nSPS) is 18.1. The first-order chi connectivity index (χ1) is 6.47. The number of rotatable bonds is 6. The lowest BCUT2D eigenvalue weighted by atomic mass is 10.1. The van der Waals surface area contributed by atoms with E-state index in [-0.39, 0.29) is 11.3 Å². The van der Waals surface area contributed by atoms with Crippen LogP contribution in [0.3, 0.4) is 0 Å². The van der Waals surface area contributed by atoms with Gasteiger partial charge in [-0.25, -0.2) is 8.42 Å². The molecule has 0 heterocycles. The molecule has 0 saturated heterocycles. The second-order valence-corrected chi connectivity index (χ2v) is 6.75. The van der Waals surface area contributed by atoms with E-state index in [1.807, 2.05) is 0 Å². The van der Waals surface area contributed by atoms with Crippen molar-refractivity contribution in [3.05, 3.63) is 0 Å².